The quantitative estimate of drug-likeness (QED) is 0.499. The summed E-state index contributed by atoms with van der Waals surface area (Å²) in [6.45, 7) is 5.32. The number of amides is 2. The van der Waals surface area contributed by atoms with E-state index in [4.69, 9.17) is 23.2 Å². The topological polar surface area (TPSA) is 70.6 Å². The molecule has 0 saturated carbocycles. The molecule has 0 spiro atoms. The van der Waals surface area contributed by atoms with Gasteiger partial charge in [0, 0.05) is 16.1 Å². The number of carbonyl (C=O) groups excluding carboxylic acids is 2. The minimum absolute atomic E-state index is 0.398. The van der Waals surface area contributed by atoms with Gasteiger partial charge in [-0.25, -0.2) is 5.43 Å². The Labute approximate surface area is 127 Å². The van der Waals surface area contributed by atoms with Crippen molar-refractivity contribution in [1.82, 2.24) is 10.7 Å². The lowest BCUT2D eigenvalue weighted by molar-refractivity contribution is -0.140. The van der Waals surface area contributed by atoms with Crippen LogP contribution in [0.4, 0.5) is 0 Å². The molecule has 5 nitrogen and oxygen atoms in total. The average molecular weight is 316 g/mol. The van der Waals surface area contributed by atoms with Gasteiger partial charge in [0.1, 0.15) is 0 Å². The number of hydrogen-bond donors (Lipinski definition) is 2. The monoisotopic (exact) mass is 315 g/mol. The van der Waals surface area contributed by atoms with Crippen LogP contribution >= 0.6 is 23.2 Å². The second-order valence-corrected chi connectivity index (χ2v) is 5.91. The van der Waals surface area contributed by atoms with Gasteiger partial charge in [-0.05, 0) is 32.9 Å². The van der Waals surface area contributed by atoms with E-state index in [1.165, 1.54) is 6.21 Å². The van der Waals surface area contributed by atoms with Crippen molar-refractivity contribution in [2.75, 3.05) is 0 Å². The van der Waals surface area contributed by atoms with Gasteiger partial charge in [0.05, 0.1) is 11.2 Å². The smallest absolute Gasteiger partial charge is 0.329 e. The second-order valence-electron chi connectivity index (χ2n) is 5.07. The second kappa shape index (κ2) is 6.72. The molecule has 1 aromatic carbocycles. The molecule has 0 bridgehead atoms. The Hall–Kier alpha value is -1.59. The lowest BCUT2D eigenvalue weighted by Gasteiger charge is -2.19. The fraction of sp³-hybridized carbons (Fsp3) is 0.308. The highest BCUT2D eigenvalue weighted by Crippen LogP contribution is 2.19. The van der Waals surface area contributed by atoms with E-state index in [1.807, 2.05) is 0 Å². The van der Waals surface area contributed by atoms with E-state index < -0.39 is 17.4 Å². The highest BCUT2D eigenvalue weighted by atomic mass is 35.5. The van der Waals surface area contributed by atoms with Crippen LogP contribution in [0, 0.1) is 0 Å². The van der Waals surface area contributed by atoms with Crippen molar-refractivity contribution < 1.29 is 9.59 Å². The van der Waals surface area contributed by atoms with Gasteiger partial charge in [-0.15, -0.1) is 0 Å². The molecule has 20 heavy (non-hydrogen) atoms. The van der Waals surface area contributed by atoms with E-state index in [-0.39, 0.29) is 0 Å². The molecule has 0 fully saturated rings. The molecule has 108 valence electrons. The SMILES string of the molecule is CC(C)(C)NC(=O)C(=O)NN=Cc1ccc(Cl)cc1Cl. The van der Waals surface area contributed by atoms with Crippen LogP contribution in [0.2, 0.25) is 10.0 Å². The molecule has 0 aliphatic heterocycles. The molecule has 1 aromatic rings. The van der Waals surface area contributed by atoms with Crippen molar-refractivity contribution in [3.63, 3.8) is 0 Å². The number of rotatable bonds is 2. The summed E-state index contributed by atoms with van der Waals surface area (Å²) >= 11 is 11.7. The van der Waals surface area contributed by atoms with Crippen molar-refractivity contribution in [1.29, 1.82) is 0 Å². The van der Waals surface area contributed by atoms with Crippen LogP contribution in [-0.2, 0) is 9.59 Å². The van der Waals surface area contributed by atoms with Crippen LogP contribution in [-0.4, -0.2) is 23.6 Å². The average Bonchev–Trinajstić information content (AvgIpc) is 2.29. The first kappa shape index (κ1) is 16.5. The van der Waals surface area contributed by atoms with E-state index in [0.717, 1.165) is 0 Å². The molecule has 2 amide bonds. The number of nitrogens with zero attached hydrogens (tertiary/aromatic N) is 1. The van der Waals surface area contributed by atoms with Gasteiger partial charge in [0.25, 0.3) is 0 Å². The van der Waals surface area contributed by atoms with E-state index in [0.29, 0.717) is 15.6 Å². The number of carbonyl (C=O) groups is 2. The van der Waals surface area contributed by atoms with Crippen molar-refractivity contribution >= 4 is 41.2 Å². The predicted octanol–water partition coefficient (Wildman–Crippen LogP) is 2.36. The summed E-state index contributed by atoms with van der Waals surface area (Å²) in [5.41, 5.74) is 2.21. The lowest BCUT2D eigenvalue weighted by Crippen LogP contribution is -2.47. The molecule has 0 aliphatic carbocycles. The molecule has 0 atom stereocenters. The predicted molar refractivity (Wildman–Crippen MR) is 80.1 cm³/mol. The van der Waals surface area contributed by atoms with Gasteiger partial charge < -0.3 is 5.32 Å². The number of halogens is 2. The van der Waals surface area contributed by atoms with Crippen LogP contribution in [0.25, 0.3) is 0 Å². The molecule has 7 heteroatoms. The zero-order valence-corrected chi connectivity index (χ0v) is 12.8. The number of hydrogen-bond acceptors (Lipinski definition) is 3. The maximum absolute atomic E-state index is 11.5. The van der Waals surface area contributed by atoms with Crippen molar-refractivity contribution in [3.05, 3.63) is 33.8 Å². The first-order chi connectivity index (χ1) is 9.19. The summed E-state index contributed by atoms with van der Waals surface area (Å²) in [4.78, 5) is 22.9. The Balaban J connectivity index is 2.60. The maximum atomic E-state index is 11.5. The number of hydrazone groups is 1. The molecule has 0 aromatic heterocycles. The van der Waals surface area contributed by atoms with Gasteiger partial charge in [-0.1, -0.05) is 29.3 Å². The molecular weight excluding hydrogens is 301 g/mol. The van der Waals surface area contributed by atoms with Gasteiger partial charge in [-0.2, -0.15) is 5.10 Å². The fourth-order valence-corrected chi connectivity index (χ4v) is 1.67. The van der Waals surface area contributed by atoms with Crippen molar-refractivity contribution in [3.8, 4) is 0 Å². The van der Waals surface area contributed by atoms with Crippen LogP contribution in [0.5, 0.6) is 0 Å². The number of benzene rings is 1. The molecule has 2 N–H and O–H groups in total. The minimum Gasteiger partial charge on any atom is -0.343 e. The highest BCUT2D eigenvalue weighted by Gasteiger charge is 2.19. The molecule has 0 heterocycles. The molecule has 0 radical (unpaired) electrons. The van der Waals surface area contributed by atoms with Gasteiger partial charge >= 0.3 is 11.8 Å². The van der Waals surface area contributed by atoms with E-state index in [1.54, 1.807) is 39.0 Å². The molecular formula is C13H15Cl2N3O2. The van der Waals surface area contributed by atoms with Crippen molar-refractivity contribution in [2.45, 2.75) is 26.3 Å². The Morgan fingerprint density at radius 1 is 1.20 bits per heavy atom. The summed E-state index contributed by atoms with van der Waals surface area (Å²) in [5.74, 6) is -1.60. The van der Waals surface area contributed by atoms with Crippen LogP contribution in [0.1, 0.15) is 26.3 Å². The molecule has 1 rings (SSSR count). The van der Waals surface area contributed by atoms with Crippen LogP contribution in [0.3, 0.4) is 0 Å². The summed E-state index contributed by atoms with van der Waals surface area (Å²) in [5, 5.41) is 7.09. The Bertz CT molecular complexity index is 551. The van der Waals surface area contributed by atoms with Crippen LogP contribution < -0.4 is 10.7 Å². The Kier molecular flexibility index (Phi) is 5.53. The molecule has 0 aliphatic rings. The van der Waals surface area contributed by atoms with E-state index in [9.17, 15) is 9.59 Å². The highest BCUT2D eigenvalue weighted by molar-refractivity contribution is 6.36. The fourth-order valence-electron chi connectivity index (χ4n) is 1.21. The standard InChI is InChI=1S/C13H15Cl2N3O2/c1-13(2,3)17-11(19)12(20)18-16-7-8-4-5-9(14)6-10(8)15/h4-7H,1-3H3,(H,17,19)(H,18,20). The van der Waals surface area contributed by atoms with Crippen molar-refractivity contribution in [2.24, 2.45) is 5.10 Å². The summed E-state index contributed by atoms with van der Waals surface area (Å²) < 4.78 is 0. The summed E-state index contributed by atoms with van der Waals surface area (Å²) in [7, 11) is 0. The largest absolute Gasteiger partial charge is 0.343 e. The third kappa shape index (κ3) is 5.59. The normalized spacial score (nSPS) is 11.4. The minimum atomic E-state index is -0.846. The first-order valence-electron chi connectivity index (χ1n) is 5.79. The lowest BCUT2D eigenvalue weighted by atomic mass is 10.1. The molecule has 0 saturated heterocycles. The summed E-state index contributed by atoms with van der Waals surface area (Å²) in [6.07, 6.45) is 1.33. The van der Waals surface area contributed by atoms with Crippen LogP contribution in [0.15, 0.2) is 23.3 Å². The van der Waals surface area contributed by atoms with Gasteiger partial charge in [-0.3, -0.25) is 9.59 Å². The Morgan fingerprint density at radius 2 is 1.85 bits per heavy atom. The van der Waals surface area contributed by atoms with E-state index >= 15 is 0 Å². The van der Waals surface area contributed by atoms with Gasteiger partial charge in [0.2, 0.25) is 0 Å². The maximum Gasteiger partial charge on any atom is 0.329 e. The third-order valence-corrected chi connectivity index (χ3v) is 2.59. The van der Waals surface area contributed by atoms with E-state index in [2.05, 4.69) is 15.8 Å². The number of nitrogens with one attached hydrogen (secondary N) is 2. The summed E-state index contributed by atoms with van der Waals surface area (Å²) in [6, 6.07) is 4.84. The zero-order chi connectivity index (χ0) is 15.3. The third-order valence-electron chi connectivity index (χ3n) is 2.03. The molecule has 0 unspecified atom stereocenters. The zero-order valence-electron chi connectivity index (χ0n) is 11.3. The first-order valence-corrected chi connectivity index (χ1v) is 6.55. The van der Waals surface area contributed by atoms with Gasteiger partial charge in [0.15, 0.2) is 0 Å². The Morgan fingerprint density at radius 3 is 2.40 bits per heavy atom.